The molecule has 0 bridgehead atoms. The van der Waals surface area contributed by atoms with Crippen molar-refractivity contribution in [3.63, 3.8) is 0 Å². The second-order valence-electron chi connectivity index (χ2n) is 5.83. The number of fused-ring (bicyclic) bond motifs is 1. The van der Waals surface area contributed by atoms with Crippen LogP contribution in [0.2, 0.25) is 0 Å². The minimum atomic E-state index is 0.681. The second kappa shape index (κ2) is 7.13. The van der Waals surface area contributed by atoms with Crippen molar-refractivity contribution in [3.05, 3.63) is 66.0 Å². The van der Waals surface area contributed by atoms with Crippen LogP contribution in [-0.2, 0) is 5.75 Å². The van der Waals surface area contributed by atoms with Crippen LogP contribution in [0.4, 0.5) is 0 Å². The van der Waals surface area contributed by atoms with E-state index in [2.05, 4.69) is 51.5 Å². The number of hydrogen-bond acceptors (Lipinski definition) is 6. The predicted octanol–water partition coefficient (Wildman–Crippen LogP) is 3.82. The Morgan fingerprint density at radius 3 is 2.81 bits per heavy atom. The van der Waals surface area contributed by atoms with E-state index in [9.17, 15) is 0 Å². The van der Waals surface area contributed by atoms with Crippen molar-refractivity contribution in [2.45, 2.75) is 17.7 Å². The van der Waals surface area contributed by atoms with Gasteiger partial charge in [0.2, 0.25) is 0 Å². The van der Waals surface area contributed by atoms with Crippen molar-refractivity contribution in [3.8, 4) is 11.4 Å². The summed E-state index contributed by atoms with van der Waals surface area (Å²) >= 11 is 1.64. The van der Waals surface area contributed by atoms with Crippen LogP contribution in [0.15, 0.2) is 59.9 Å². The molecule has 0 saturated carbocycles. The van der Waals surface area contributed by atoms with Gasteiger partial charge in [0.1, 0.15) is 17.1 Å². The Bertz CT molecular complexity index is 1060. The lowest BCUT2D eigenvalue weighted by atomic mass is 10.2. The molecular weight excluding hydrogens is 346 g/mol. The topological polar surface area (TPSA) is 65.7 Å². The van der Waals surface area contributed by atoms with Gasteiger partial charge in [-0.3, -0.25) is 0 Å². The summed E-state index contributed by atoms with van der Waals surface area (Å²) in [7, 11) is 1.64. The average molecular weight is 363 g/mol. The summed E-state index contributed by atoms with van der Waals surface area (Å²) in [4.78, 5) is 8.77. The van der Waals surface area contributed by atoms with E-state index < -0.39 is 0 Å². The highest BCUT2D eigenvalue weighted by molar-refractivity contribution is 7.98. The third-order valence-corrected chi connectivity index (χ3v) is 5.01. The van der Waals surface area contributed by atoms with Gasteiger partial charge in [-0.25, -0.2) is 9.97 Å². The smallest absolute Gasteiger partial charge is 0.187 e. The van der Waals surface area contributed by atoms with E-state index in [4.69, 9.17) is 4.74 Å². The highest BCUT2D eigenvalue weighted by Crippen LogP contribution is 2.27. The first-order valence-electron chi connectivity index (χ1n) is 8.14. The fourth-order valence-corrected chi connectivity index (χ4v) is 3.58. The molecule has 2 heterocycles. The number of hydrogen-bond donors (Lipinski definition) is 0. The Kier molecular flexibility index (Phi) is 4.53. The molecule has 0 atom stereocenters. The maximum Gasteiger partial charge on any atom is 0.187 e. The number of methoxy groups -OCH3 is 1. The molecule has 130 valence electrons. The first-order valence-corrected chi connectivity index (χ1v) is 9.12. The van der Waals surface area contributed by atoms with Gasteiger partial charge in [0.25, 0.3) is 0 Å². The minimum Gasteiger partial charge on any atom is -0.497 e. The van der Waals surface area contributed by atoms with Gasteiger partial charge in [0.15, 0.2) is 11.2 Å². The predicted molar refractivity (Wildman–Crippen MR) is 102 cm³/mol. The number of aryl methyl sites for hydroxylation is 1. The molecule has 26 heavy (non-hydrogen) atoms. The van der Waals surface area contributed by atoms with Crippen molar-refractivity contribution in [1.82, 2.24) is 25.0 Å². The summed E-state index contributed by atoms with van der Waals surface area (Å²) in [5, 5.41) is 9.40. The van der Waals surface area contributed by atoms with E-state index in [1.165, 1.54) is 11.1 Å². The number of nitrogens with zero attached hydrogens (tertiary/aromatic N) is 5. The minimum absolute atomic E-state index is 0.681. The van der Waals surface area contributed by atoms with Gasteiger partial charge in [-0.2, -0.15) is 4.68 Å². The van der Waals surface area contributed by atoms with E-state index in [1.807, 2.05) is 24.3 Å². The van der Waals surface area contributed by atoms with Crippen LogP contribution < -0.4 is 4.74 Å². The van der Waals surface area contributed by atoms with E-state index in [1.54, 1.807) is 29.9 Å². The normalized spacial score (nSPS) is 11.0. The van der Waals surface area contributed by atoms with Crippen LogP contribution in [-0.4, -0.2) is 32.1 Å². The van der Waals surface area contributed by atoms with E-state index >= 15 is 0 Å². The molecule has 0 aliphatic carbocycles. The van der Waals surface area contributed by atoms with Gasteiger partial charge in [-0.1, -0.05) is 52.9 Å². The lowest BCUT2D eigenvalue weighted by Gasteiger charge is -2.05. The van der Waals surface area contributed by atoms with Gasteiger partial charge in [0.05, 0.1) is 12.8 Å². The summed E-state index contributed by atoms with van der Waals surface area (Å²) in [5.41, 5.74) is 4.73. The first-order chi connectivity index (χ1) is 12.7. The summed E-state index contributed by atoms with van der Waals surface area (Å²) < 4.78 is 6.99. The van der Waals surface area contributed by atoms with Crippen LogP contribution in [0.5, 0.6) is 5.75 Å². The quantitative estimate of drug-likeness (QED) is 0.397. The highest BCUT2D eigenvalue weighted by atomic mass is 32.2. The summed E-state index contributed by atoms with van der Waals surface area (Å²) in [6.07, 6.45) is 1.56. The number of rotatable bonds is 5. The molecule has 0 saturated heterocycles. The Labute approximate surface area is 155 Å². The number of benzene rings is 2. The summed E-state index contributed by atoms with van der Waals surface area (Å²) in [6.45, 7) is 2.09. The Morgan fingerprint density at radius 2 is 1.96 bits per heavy atom. The third-order valence-electron chi connectivity index (χ3n) is 3.96. The number of thioether (sulfide) groups is 1. The fourth-order valence-electron chi connectivity index (χ4n) is 2.70. The van der Waals surface area contributed by atoms with Gasteiger partial charge >= 0.3 is 0 Å². The molecular formula is C19H17N5OS. The molecule has 0 N–H and O–H groups in total. The maximum absolute atomic E-state index is 5.29. The molecule has 0 aliphatic rings. The molecule has 2 aromatic carbocycles. The van der Waals surface area contributed by atoms with Crippen molar-refractivity contribution >= 4 is 22.9 Å². The Balaban J connectivity index is 1.66. The van der Waals surface area contributed by atoms with E-state index in [0.717, 1.165) is 22.2 Å². The van der Waals surface area contributed by atoms with Crippen LogP contribution in [0, 0.1) is 6.92 Å². The van der Waals surface area contributed by atoms with Crippen molar-refractivity contribution in [2.24, 2.45) is 0 Å². The number of aromatic nitrogens is 5. The van der Waals surface area contributed by atoms with Gasteiger partial charge < -0.3 is 4.74 Å². The van der Waals surface area contributed by atoms with Gasteiger partial charge in [-0.15, -0.1) is 5.10 Å². The molecule has 0 aliphatic heterocycles. The largest absolute Gasteiger partial charge is 0.497 e. The number of ether oxygens (including phenoxy) is 1. The molecule has 0 spiro atoms. The maximum atomic E-state index is 5.29. The monoisotopic (exact) mass is 363 g/mol. The summed E-state index contributed by atoms with van der Waals surface area (Å²) in [5.74, 6) is 1.58. The van der Waals surface area contributed by atoms with Crippen molar-refractivity contribution < 1.29 is 4.74 Å². The third kappa shape index (κ3) is 3.25. The SMILES string of the molecule is COc1cccc(-n2nnc3c(SCc4cccc(C)c4)ncnc32)c1. The van der Waals surface area contributed by atoms with Crippen LogP contribution in [0.25, 0.3) is 16.9 Å². The van der Waals surface area contributed by atoms with Crippen LogP contribution >= 0.6 is 11.8 Å². The van der Waals surface area contributed by atoms with Gasteiger partial charge in [0, 0.05) is 11.8 Å². The average Bonchev–Trinajstić information content (AvgIpc) is 3.11. The highest BCUT2D eigenvalue weighted by Gasteiger charge is 2.14. The zero-order valence-electron chi connectivity index (χ0n) is 14.5. The molecule has 4 aromatic rings. The molecule has 0 amide bonds. The molecule has 0 fully saturated rings. The lowest BCUT2D eigenvalue weighted by Crippen LogP contribution is -1.98. The molecule has 4 rings (SSSR count). The van der Waals surface area contributed by atoms with Crippen LogP contribution in [0.3, 0.4) is 0 Å². The molecule has 0 unspecified atom stereocenters. The van der Waals surface area contributed by atoms with Gasteiger partial charge in [-0.05, 0) is 24.6 Å². The van der Waals surface area contributed by atoms with Crippen molar-refractivity contribution in [2.75, 3.05) is 7.11 Å². The zero-order valence-corrected chi connectivity index (χ0v) is 15.3. The van der Waals surface area contributed by atoms with Crippen LogP contribution in [0.1, 0.15) is 11.1 Å². The lowest BCUT2D eigenvalue weighted by molar-refractivity contribution is 0.414. The zero-order chi connectivity index (χ0) is 17.9. The molecule has 2 aromatic heterocycles. The summed E-state index contributed by atoms with van der Waals surface area (Å²) in [6, 6.07) is 16.1. The Hall–Kier alpha value is -2.93. The fraction of sp³-hybridized carbons (Fsp3) is 0.158. The first kappa shape index (κ1) is 16.5. The van der Waals surface area contributed by atoms with Crippen molar-refractivity contribution in [1.29, 1.82) is 0 Å². The van der Waals surface area contributed by atoms with E-state index in [-0.39, 0.29) is 0 Å². The van der Waals surface area contributed by atoms with E-state index in [0.29, 0.717) is 11.2 Å². The molecule has 0 radical (unpaired) electrons. The molecule has 7 heteroatoms. The molecule has 6 nitrogen and oxygen atoms in total. The standard InChI is InChI=1S/C19H17N5OS/c1-13-5-3-6-14(9-13)11-26-19-17-18(20-12-21-19)24(23-22-17)15-7-4-8-16(10-15)25-2/h3-10,12H,11H2,1-2H3. The Morgan fingerprint density at radius 1 is 1.08 bits per heavy atom. The second-order valence-corrected chi connectivity index (χ2v) is 6.80.